The molecule has 5 aromatic carbocycles. The maximum atomic E-state index is 12.8. The Labute approximate surface area is 259 Å². The summed E-state index contributed by atoms with van der Waals surface area (Å²) in [6, 6.07) is 38.1. The molecule has 45 heavy (non-hydrogen) atoms. The van der Waals surface area contributed by atoms with Crippen molar-refractivity contribution in [3.63, 3.8) is 0 Å². The first-order valence-electron chi connectivity index (χ1n) is 13.9. The van der Waals surface area contributed by atoms with Crippen molar-refractivity contribution in [2.45, 2.75) is 6.61 Å². The van der Waals surface area contributed by atoms with E-state index in [0.717, 1.165) is 5.56 Å². The maximum Gasteiger partial charge on any atom is 0.343 e. The molecule has 0 spiro atoms. The first-order chi connectivity index (χ1) is 22.0. The molecule has 5 rings (SSSR count). The number of ether oxygens (including phenoxy) is 4. The molecular weight excluding hydrogens is 572 g/mol. The quantitative estimate of drug-likeness (QED) is 0.0782. The Morgan fingerprint density at radius 1 is 0.600 bits per heavy atom. The molecule has 224 valence electrons. The molecule has 0 unspecified atom stereocenters. The molecule has 0 atom stereocenters. The van der Waals surface area contributed by atoms with Crippen LogP contribution in [-0.4, -0.2) is 30.7 Å². The number of rotatable bonds is 12. The lowest BCUT2D eigenvalue weighted by Gasteiger charge is -2.11. The molecule has 0 aliphatic rings. The van der Waals surface area contributed by atoms with Crippen molar-refractivity contribution in [2.24, 2.45) is 5.10 Å². The van der Waals surface area contributed by atoms with Crippen molar-refractivity contribution in [3.8, 4) is 23.0 Å². The van der Waals surface area contributed by atoms with Crippen molar-refractivity contribution >= 4 is 24.1 Å². The summed E-state index contributed by atoms with van der Waals surface area (Å²) in [6.45, 7) is 0.155. The topological polar surface area (TPSA) is 113 Å². The summed E-state index contributed by atoms with van der Waals surface area (Å²) in [7, 11) is 0. The fraction of sp³-hybridized carbons (Fsp3) is 0.0556. The summed E-state index contributed by atoms with van der Waals surface area (Å²) in [5.41, 5.74) is 4.49. The monoisotopic (exact) mass is 600 g/mol. The van der Waals surface area contributed by atoms with Crippen LogP contribution < -0.4 is 24.4 Å². The molecule has 1 amide bonds. The van der Waals surface area contributed by atoms with Gasteiger partial charge in [0, 0.05) is 11.6 Å². The highest BCUT2D eigenvalue weighted by atomic mass is 16.5. The largest absolute Gasteiger partial charge is 0.489 e. The zero-order valence-corrected chi connectivity index (χ0v) is 24.0. The lowest BCUT2D eigenvalue weighted by atomic mass is 10.2. The average molecular weight is 601 g/mol. The van der Waals surface area contributed by atoms with Crippen molar-refractivity contribution in [2.75, 3.05) is 6.61 Å². The van der Waals surface area contributed by atoms with Crippen molar-refractivity contribution in [1.82, 2.24) is 5.43 Å². The van der Waals surface area contributed by atoms with E-state index in [0.29, 0.717) is 34.8 Å². The molecule has 0 saturated heterocycles. The summed E-state index contributed by atoms with van der Waals surface area (Å²) in [4.78, 5) is 37.7. The van der Waals surface area contributed by atoms with Gasteiger partial charge < -0.3 is 18.9 Å². The number of carbonyl (C=O) groups is 3. The van der Waals surface area contributed by atoms with Crippen LogP contribution in [-0.2, 0) is 11.4 Å². The van der Waals surface area contributed by atoms with Gasteiger partial charge in [0.2, 0.25) is 0 Å². The average Bonchev–Trinajstić information content (AvgIpc) is 3.09. The second-order valence-electron chi connectivity index (χ2n) is 9.54. The number of benzene rings is 5. The summed E-state index contributed by atoms with van der Waals surface area (Å²) in [6.07, 6.45) is 1.31. The van der Waals surface area contributed by atoms with Gasteiger partial charge in [-0.05, 0) is 66.2 Å². The molecule has 9 heteroatoms. The Hall–Kier alpha value is -6.22. The van der Waals surface area contributed by atoms with Crippen LogP contribution in [0.15, 0.2) is 139 Å². The highest BCUT2D eigenvalue weighted by molar-refractivity contribution is 5.94. The van der Waals surface area contributed by atoms with E-state index in [1.165, 1.54) is 18.3 Å². The summed E-state index contributed by atoms with van der Waals surface area (Å²) in [5.74, 6) is -0.310. The van der Waals surface area contributed by atoms with Gasteiger partial charge >= 0.3 is 11.9 Å². The van der Waals surface area contributed by atoms with Crippen molar-refractivity contribution in [3.05, 3.63) is 156 Å². The lowest BCUT2D eigenvalue weighted by molar-refractivity contribution is -0.123. The number of amides is 1. The molecule has 0 aromatic heterocycles. The molecule has 1 N–H and O–H groups in total. The van der Waals surface area contributed by atoms with E-state index in [9.17, 15) is 14.4 Å². The van der Waals surface area contributed by atoms with E-state index in [4.69, 9.17) is 18.9 Å². The molecule has 5 aromatic rings. The van der Waals surface area contributed by atoms with Crippen LogP contribution in [0.2, 0.25) is 0 Å². The smallest absolute Gasteiger partial charge is 0.343 e. The number of hydrazone groups is 1. The van der Waals surface area contributed by atoms with Crippen LogP contribution in [0.1, 0.15) is 31.8 Å². The third kappa shape index (κ3) is 9.13. The van der Waals surface area contributed by atoms with Gasteiger partial charge in [-0.1, -0.05) is 66.7 Å². The lowest BCUT2D eigenvalue weighted by Crippen LogP contribution is -2.24. The molecule has 0 saturated carbocycles. The fourth-order valence-electron chi connectivity index (χ4n) is 3.97. The number of nitrogens with one attached hydrogen (secondary N) is 1. The van der Waals surface area contributed by atoms with Crippen LogP contribution in [0.4, 0.5) is 0 Å². The predicted molar refractivity (Wildman–Crippen MR) is 168 cm³/mol. The van der Waals surface area contributed by atoms with E-state index in [2.05, 4.69) is 10.5 Å². The maximum absolute atomic E-state index is 12.8. The van der Waals surface area contributed by atoms with E-state index >= 15 is 0 Å². The van der Waals surface area contributed by atoms with E-state index < -0.39 is 17.8 Å². The number of esters is 2. The SMILES string of the molecule is O=C(COc1ccc(OCc2ccccc2)cc1)N/N=C/c1ccc(OC(=O)c2ccccc2)cc1OC(=O)c1ccccc1. The summed E-state index contributed by atoms with van der Waals surface area (Å²) in [5, 5.41) is 3.98. The van der Waals surface area contributed by atoms with E-state index in [-0.39, 0.29) is 18.1 Å². The van der Waals surface area contributed by atoms with Gasteiger partial charge in [0.25, 0.3) is 5.91 Å². The van der Waals surface area contributed by atoms with Gasteiger partial charge in [-0.25, -0.2) is 15.0 Å². The summed E-state index contributed by atoms with van der Waals surface area (Å²) < 4.78 is 22.4. The Balaban J connectivity index is 1.18. The molecule has 0 bridgehead atoms. The van der Waals surface area contributed by atoms with E-state index in [1.807, 2.05) is 30.3 Å². The molecule has 0 radical (unpaired) electrons. The minimum atomic E-state index is -0.620. The van der Waals surface area contributed by atoms with Crippen LogP contribution in [0.3, 0.4) is 0 Å². The zero-order valence-electron chi connectivity index (χ0n) is 24.0. The Kier molecular flexibility index (Phi) is 10.3. The highest BCUT2D eigenvalue weighted by Gasteiger charge is 2.15. The fourth-order valence-corrected chi connectivity index (χ4v) is 3.97. The normalized spacial score (nSPS) is 10.6. The molecule has 0 heterocycles. The highest BCUT2D eigenvalue weighted by Crippen LogP contribution is 2.26. The molecule has 0 aliphatic heterocycles. The molecule has 0 aliphatic carbocycles. The number of nitrogens with zero attached hydrogens (tertiary/aromatic N) is 1. The molecule has 9 nitrogen and oxygen atoms in total. The van der Waals surface area contributed by atoms with Crippen LogP contribution >= 0.6 is 0 Å². The van der Waals surface area contributed by atoms with Gasteiger partial charge in [0.1, 0.15) is 29.6 Å². The number of carbonyl (C=O) groups excluding carboxylic acids is 3. The Morgan fingerprint density at radius 2 is 1.13 bits per heavy atom. The number of hydrogen-bond acceptors (Lipinski definition) is 8. The third-order valence-electron chi connectivity index (χ3n) is 6.25. The van der Waals surface area contributed by atoms with Gasteiger partial charge in [0.05, 0.1) is 17.3 Å². The second-order valence-corrected chi connectivity index (χ2v) is 9.54. The van der Waals surface area contributed by atoms with Crippen LogP contribution in [0.5, 0.6) is 23.0 Å². The van der Waals surface area contributed by atoms with Crippen LogP contribution in [0.25, 0.3) is 0 Å². The first-order valence-corrected chi connectivity index (χ1v) is 13.9. The minimum Gasteiger partial charge on any atom is -0.489 e. The third-order valence-corrected chi connectivity index (χ3v) is 6.25. The standard InChI is InChI=1S/C36H28N2O7/c39-34(25-43-31-20-18-30(19-21-31)42-24-26-10-4-1-5-11-26)38-37-23-29-16-17-32(44-35(40)27-12-6-2-7-13-27)22-33(29)45-36(41)28-14-8-3-9-15-28/h1-23H,24-25H2,(H,38,39)/b37-23+. The zero-order chi connectivity index (χ0) is 31.3. The predicted octanol–water partition coefficient (Wildman–Crippen LogP) is 6.23. The van der Waals surface area contributed by atoms with Crippen molar-refractivity contribution < 1.29 is 33.3 Å². The number of hydrogen-bond donors (Lipinski definition) is 1. The molecule has 0 fully saturated rings. The van der Waals surface area contributed by atoms with Crippen LogP contribution in [0, 0.1) is 0 Å². The second kappa shape index (κ2) is 15.3. The van der Waals surface area contributed by atoms with Gasteiger partial charge in [-0.3, -0.25) is 4.79 Å². The van der Waals surface area contributed by atoms with Gasteiger partial charge in [-0.15, -0.1) is 0 Å². The Bertz CT molecular complexity index is 1760. The first kappa shape index (κ1) is 30.2. The van der Waals surface area contributed by atoms with Crippen molar-refractivity contribution in [1.29, 1.82) is 0 Å². The minimum absolute atomic E-state index is 0.0750. The molecular formula is C36H28N2O7. The van der Waals surface area contributed by atoms with Gasteiger partial charge in [-0.2, -0.15) is 5.10 Å². The summed E-state index contributed by atoms with van der Waals surface area (Å²) >= 11 is 0. The van der Waals surface area contributed by atoms with Gasteiger partial charge in [0.15, 0.2) is 6.61 Å². The van der Waals surface area contributed by atoms with E-state index in [1.54, 1.807) is 91.0 Å². The Morgan fingerprint density at radius 3 is 1.76 bits per heavy atom.